The van der Waals surface area contributed by atoms with Crippen LogP contribution >= 0.6 is 0 Å². The van der Waals surface area contributed by atoms with Crippen LogP contribution in [0.2, 0.25) is 0 Å². The monoisotopic (exact) mass is 280 g/mol. The molecule has 2 atom stereocenters. The van der Waals surface area contributed by atoms with Crippen LogP contribution in [0.1, 0.15) is 49.9 Å². The molecule has 0 bridgehead atoms. The second-order valence-corrected chi connectivity index (χ2v) is 5.69. The van der Waals surface area contributed by atoms with Crippen molar-refractivity contribution in [1.82, 2.24) is 20.4 Å². The van der Waals surface area contributed by atoms with Gasteiger partial charge in [-0.2, -0.15) is 4.98 Å². The predicted molar refractivity (Wildman–Crippen MR) is 74.6 cm³/mol. The van der Waals surface area contributed by atoms with Crippen molar-refractivity contribution in [1.29, 1.82) is 0 Å². The molecule has 0 aromatic carbocycles. The van der Waals surface area contributed by atoms with E-state index in [9.17, 15) is 0 Å². The molecule has 2 aliphatic heterocycles. The minimum atomic E-state index is -0.0376. The van der Waals surface area contributed by atoms with E-state index in [0.717, 1.165) is 58.1 Å². The van der Waals surface area contributed by atoms with Gasteiger partial charge in [-0.3, -0.25) is 4.90 Å². The van der Waals surface area contributed by atoms with Gasteiger partial charge in [0, 0.05) is 19.6 Å². The lowest BCUT2D eigenvalue weighted by Gasteiger charge is -2.30. The Bertz CT molecular complexity index is 415. The number of piperidine rings is 1. The smallest absolute Gasteiger partial charge is 0.231 e. The van der Waals surface area contributed by atoms with Crippen molar-refractivity contribution in [2.45, 2.75) is 38.2 Å². The number of aromatic nitrogens is 2. The lowest BCUT2D eigenvalue weighted by atomic mass is 10.00. The van der Waals surface area contributed by atoms with E-state index >= 15 is 0 Å². The van der Waals surface area contributed by atoms with Crippen molar-refractivity contribution in [2.24, 2.45) is 0 Å². The largest absolute Gasteiger partial charge is 0.367 e. The molecule has 2 aliphatic rings. The highest BCUT2D eigenvalue weighted by Crippen LogP contribution is 2.25. The zero-order valence-corrected chi connectivity index (χ0v) is 12.2. The Morgan fingerprint density at radius 3 is 3.20 bits per heavy atom. The maximum atomic E-state index is 5.80. The fourth-order valence-electron chi connectivity index (χ4n) is 2.98. The molecular formula is C14H24N4O2. The molecule has 1 aromatic heterocycles. The van der Waals surface area contributed by atoms with Crippen molar-refractivity contribution >= 4 is 0 Å². The van der Waals surface area contributed by atoms with Gasteiger partial charge in [-0.15, -0.1) is 0 Å². The van der Waals surface area contributed by atoms with E-state index < -0.39 is 0 Å². The van der Waals surface area contributed by atoms with Crippen LogP contribution in [0.3, 0.4) is 0 Å². The molecule has 6 nitrogen and oxygen atoms in total. The summed E-state index contributed by atoms with van der Waals surface area (Å²) in [5.41, 5.74) is 0. The molecule has 1 unspecified atom stereocenters. The SMILES string of the molecule is CCCN1CCOC(c2noc([C@H]3CCCNC3)n2)C1. The number of morpholine rings is 1. The van der Waals surface area contributed by atoms with Crippen LogP contribution in [-0.4, -0.2) is 54.4 Å². The quantitative estimate of drug-likeness (QED) is 0.897. The number of hydrogen-bond donors (Lipinski definition) is 1. The van der Waals surface area contributed by atoms with Gasteiger partial charge in [-0.25, -0.2) is 0 Å². The first-order valence-corrected chi connectivity index (χ1v) is 7.75. The lowest BCUT2D eigenvalue weighted by Crippen LogP contribution is -2.39. The summed E-state index contributed by atoms with van der Waals surface area (Å²) in [4.78, 5) is 6.99. The molecule has 112 valence electrons. The molecule has 0 aliphatic carbocycles. The molecule has 0 spiro atoms. The van der Waals surface area contributed by atoms with Crippen LogP contribution in [-0.2, 0) is 4.74 Å². The highest BCUT2D eigenvalue weighted by Gasteiger charge is 2.28. The molecule has 3 rings (SSSR count). The van der Waals surface area contributed by atoms with Crippen LogP contribution in [0, 0.1) is 0 Å². The van der Waals surface area contributed by atoms with Gasteiger partial charge in [0.15, 0.2) is 0 Å². The minimum absolute atomic E-state index is 0.0376. The summed E-state index contributed by atoms with van der Waals surface area (Å²) in [6.07, 6.45) is 3.43. The van der Waals surface area contributed by atoms with Crippen LogP contribution in [0.15, 0.2) is 4.52 Å². The van der Waals surface area contributed by atoms with Gasteiger partial charge >= 0.3 is 0 Å². The second-order valence-electron chi connectivity index (χ2n) is 5.69. The Kier molecular flexibility index (Phi) is 4.65. The Balaban J connectivity index is 1.63. The van der Waals surface area contributed by atoms with Crippen molar-refractivity contribution in [3.05, 3.63) is 11.7 Å². The van der Waals surface area contributed by atoms with E-state index in [1.54, 1.807) is 0 Å². The Morgan fingerprint density at radius 1 is 1.45 bits per heavy atom. The van der Waals surface area contributed by atoms with E-state index in [-0.39, 0.29) is 6.10 Å². The van der Waals surface area contributed by atoms with Crippen LogP contribution < -0.4 is 5.32 Å². The summed E-state index contributed by atoms with van der Waals surface area (Å²) in [6, 6.07) is 0. The van der Waals surface area contributed by atoms with Crippen LogP contribution in [0.5, 0.6) is 0 Å². The van der Waals surface area contributed by atoms with Gasteiger partial charge in [0.1, 0.15) is 6.10 Å². The van der Waals surface area contributed by atoms with Gasteiger partial charge < -0.3 is 14.6 Å². The summed E-state index contributed by atoms with van der Waals surface area (Å²) < 4.78 is 11.3. The first-order chi connectivity index (χ1) is 9.86. The molecule has 3 heterocycles. The number of nitrogens with one attached hydrogen (secondary N) is 1. The summed E-state index contributed by atoms with van der Waals surface area (Å²) in [5.74, 6) is 1.84. The standard InChI is InChI=1S/C14H24N4O2/c1-2-6-18-7-8-19-12(10-18)13-16-14(20-17-13)11-4-3-5-15-9-11/h11-12,15H,2-10H2,1H3/t11-,12?/m0/s1. The molecule has 1 N–H and O–H groups in total. The fraction of sp³-hybridized carbons (Fsp3) is 0.857. The Labute approximate surface area is 119 Å². The van der Waals surface area contributed by atoms with E-state index in [1.807, 2.05) is 0 Å². The van der Waals surface area contributed by atoms with Gasteiger partial charge in [0.25, 0.3) is 0 Å². The van der Waals surface area contributed by atoms with E-state index in [0.29, 0.717) is 11.7 Å². The summed E-state index contributed by atoms with van der Waals surface area (Å²) in [7, 11) is 0. The topological polar surface area (TPSA) is 63.4 Å². The average molecular weight is 280 g/mol. The molecule has 6 heteroatoms. The summed E-state index contributed by atoms with van der Waals surface area (Å²) in [5, 5.41) is 7.52. The zero-order valence-electron chi connectivity index (χ0n) is 12.2. The van der Waals surface area contributed by atoms with Crippen molar-refractivity contribution in [3.8, 4) is 0 Å². The lowest BCUT2D eigenvalue weighted by molar-refractivity contribution is -0.0350. The molecule has 1 aromatic rings. The molecular weight excluding hydrogens is 256 g/mol. The first kappa shape index (κ1) is 14.0. The van der Waals surface area contributed by atoms with E-state index in [1.165, 1.54) is 6.42 Å². The molecule has 2 fully saturated rings. The van der Waals surface area contributed by atoms with Gasteiger partial charge in [0.05, 0.1) is 12.5 Å². The third kappa shape index (κ3) is 3.19. The maximum absolute atomic E-state index is 5.80. The van der Waals surface area contributed by atoms with Gasteiger partial charge in [-0.05, 0) is 32.4 Å². The first-order valence-electron chi connectivity index (χ1n) is 7.75. The zero-order chi connectivity index (χ0) is 13.8. The Hall–Kier alpha value is -0.980. The predicted octanol–water partition coefficient (Wildman–Crippen LogP) is 1.32. The summed E-state index contributed by atoms with van der Waals surface area (Å²) >= 11 is 0. The Morgan fingerprint density at radius 2 is 2.40 bits per heavy atom. The normalized spacial score (nSPS) is 28.6. The molecule has 2 saturated heterocycles. The molecule has 20 heavy (non-hydrogen) atoms. The number of nitrogens with zero attached hydrogens (tertiary/aromatic N) is 3. The number of ether oxygens (including phenoxy) is 1. The molecule has 0 radical (unpaired) electrons. The van der Waals surface area contributed by atoms with Gasteiger partial charge in [-0.1, -0.05) is 12.1 Å². The average Bonchev–Trinajstić information content (AvgIpc) is 2.99. The van der Waals surface area contributed by atoms with Crippen LogP contribution in [0.4, 0.5) is 0 Å². The van der Waals surface area contributed by atoms with Crippen molar-refractivity contribution in [2.75, 3.05) is 39.3 Å². The third-order valence-corrected chi connectivity index (χ3v) is 4.08. The third-order valence-electron chi connectivity index (χ3n) is 4.08. The van der Waals surface area contributed by atoms with E-state index in [4.69, 9.17) is 9.26 Å². The highest BCUT2D eigenvalue weighted by atomic mass is 16.5. The summed E-state index contributed by atoms with van der Waals surface area (Å²) in [6.45, 7) is 7.96. The van der Waals surface area contributed by atoms with Crippen molar-refractivity contribution < 1.29 is 9.26 Å². The second kappa shape index (κ2) is 6.65. The molecule has 0 saturated carbocycles. The van der Waals surface area contributed by atoms with E-state index in [2.05, 4.69) is 27.3 Å². The fourth-order valence-corrected chi connectivity index (χ4v) is 2.98. The van der Waals surface area contributed by atoms with Crippen molar-refractivity contribution in [3.63, 3.8) is 0 Å². The number of hydrogen-bond acceptors (Lipinski definition) is 6. The van der Waals surface area contributed by atoms with Crippen LogP contribution in [0.25, 0.3) is 0 Å². The molecule has 0 amide bonds. The van der Waals surface area contributed by atoms with Gasteiger partial charge in [0.2, 0.25) is 11.7 Å². The highest BCUT2D eigenvalue weighted by molar-refractivity contribution is 5.00. The maximum Gasteiger partial charge on any atom is 0.231 e. The minimum Gasteiger partial charge on any atom is -0.367 e. The number of rotatable bonds is 4.